The van der Waals surface area contributed by atoms with E-state index in [4.69, 9.17) is 9.47 Å². The number of carbonyl (C=O) groups is 1. The largest absolute Gasteiger partial charge is 0.497 e. The highest BCUT2D eigenvalue weighted by Gasteiger charge is 2.18. The second kappa shape index (κ2) is 11.8. The van der Waals surface area contributed by atoms with E-state index in [0.29, 0.717) is 12.8 Å². The Hall–Kier alpha value is -2.73. The van der Waals surface area contributed by atoms with Gasteiger partial charge in [-0.3, -0.25) is 9.69 Å². The fourth-order valence-electron chi connectivity index (χ4n) is 4.18. The van der Waals surface area contributed by atoms with Gasteiger partial charge in [-0.1, -0.05) is 12.1 Å². The zero-order chi connectivity index (χ0) is 22.9. The normalized spacial score (nSPS) is 15.3. The Bertz CT molecular complexity index is 878. The third-order valence-corrected chi connectivity index (χ3v) is 6.13. The summed E-state index contributed by atoms with van der Waals surface area (Å²) in [6, 6.07) is 14.6. The van der Waals surface area contributed by atoms with Crippen LogP contribution in [0.15, 0.2) is 42.5 Å². The number of hydrogen-bond acceptors (Lipinski definition) is 5. The van der Waals surface area contributed by atoms with E-state index in [1.165, 1.54) is 11.3 Å². The van der Waals surface area contributed by atoms with Crippen molar-refractivity contribution in [3.05, 3.63) is 53.6 Å². The summed E-state index contributed by atoms with van der Waals surface area (Å²) in [5.74, 6) is 1.64. The topological polar surface area (TPSA) is 54.0 Å². The molecule has 0 radical (unpaired) electrons. The van der Waals surface area contributed by atoms with Crippen LogP contribution in [0.5, 0.6) is 11.5 Å². The molecule has 1 saturated heterocycles. The van der Waals surface area contributed by atoms with Gasteiger partial charge >= 0.3 is 0 Å². The van der Waals surface area contributed by atoms with Crippen LogP contribution in [-0.4, -0.2) is 63.8 Å². The molecule has 32 heavy (non-hydrogen) atoms. The fourth-order valence-corrected chi connectivity index (χ4v) is 4.18. The number of amides is 1. The molecule has 0 saturated carbocycles. The van der Waals surface area contributed by atoms with E-state index in [9.17, 15) is 4.79 Å². The summed E-state index contributed by atoms with van der Waals surface area (Å²) in [7, 11) is 3.29. The molecular weight excluding hydrogens is 402 g/mol. The first-order chi connectivity index (χ1) is 15.5. The minimum Gasteiger partial charge on any atom is -0.497 e. The maximum Gasteiger partial charge on any atom is 0.220 e. The molecule has 1 unspecified atom stereocenters. The van der Waals surface area contributed by atoms with Gasteiger partial charge in [0, 0.05) is 50.9 Å². The van der Waals surface area contributed by atoms with Gasteiger partial charge in [-0.25, -0.2) is 0 Å². The molecule has 174 valence electrons. The Morgan fingerprint density at radius 3 is 2.53 bits per heavy atom. The minimum atomic E-state index is 0.0756. The lowest BCUT2D eigenvalue weighted by atomic mass is 10.1. The van der Waals surface area contributed by atoms with Crippen LogP contribution in [0.2, 0.25) is 0 Å². The number of anilines is 1. The molecular formula is C26H37N3O3. The lowest BCUT2D eigenvalue weighted by molar-refractivity contribution is -0.121. The number of hydrogen-bond donors (Lipinski definition) is 1. The number of benzene rings is 2. The maximum absolute atomic E-state index is 12.5. The molecule has 0 spiro atoms. The molecule has 1 heterocycles. The van der Waals surface area contributed by atoms with Crippen molar-refractivity contribution in [1.82, 2.24) is 10.2 Å². The molecule has 1 aliphatic heterocycles. The van der Waals surface area contributed by atoms with E-state index in [1.807, 2.05) is 18.2 Å². The van der Waals surface area contributed by atoms with Crippen molar-refractivity contribution in [2.24, 2.45) is 0 Å². The van der Waals surface area contributed by atoms with Gasteiger partial charge in [0.1, 0.15) is 11.5 Å². The van der Waals surface area contributed by atoms with Crippen molar-refractivity contribution >= 4 is 11.6 Å². The van der Waals surface area contributed by atoms with Crippen LogP contribution in [0.3, 0.4) is 0 Å². The molecule has 3 rings (SSSR count). The lowest BCUT2D eigenvalue weighted by Crippen LogP contribution is -2.47. The first kappa shape index (κ1) is 23.9. The summed E-state index contributed by atoms with van der Waals surface area (Å²) < 4.78 is 10.7. The summed E-state index contributed by atoms with van der Waals surface area (Å²) in [5, 5.41) is 3.15. The van der Waals surface area contributed by atoms with Crippen molar-refractivity contribution in [1.29, 1.82) is 0 Å². The van der Waals surface area contributed by atoms with E-state index >= 15 is 0 Å². The van der Waals surface area contributed by atoms with E-state index in [-0.39, 0.29) is 11.9 Å². The SMILES string of the molecule is COc1ccc(OC)c(CCC(=O)NC(C)CCN2CCN(c3cccc(C)c3)CC2)c1. The number of carbonyl (C=O) groups excluding carboxylic acids is 1. The second-order valence-electron chi connectivity index (χ2n) is 8.60. The predicted molar refractivity (Wildman–Crippen MR) is 130 cm³/mol. The van der Waals surface area contributed by atoms with Gasteiger partial charge in [-0.15, -0.1) is 0 Å². The molecule has 0 aromatic heterocycles. The first-order valence-corrected chi connectivity index (χ1v) is 11.5. The summed E-state index contributed by atoms with van der Waals surface area (Å²) in [5.41, 5.74) is 3.61. The highest BCUT2D eigenvalue weighted by molar-refractivity contribution is 5.76. The molecule has 0 aliphatic carbocycles. The molecule has 6 nitrogen and oxygen atoms in total. The number of nitrogens with one attached hydrogen (secondary N) is 1. The van der Waals surface area contributed by atoms with Gasteiger partial charge in [-0.05, 0) is 68.1 Å². The molecule has 6 heteroatoms. The number of ether oxygens (including phenoxy) is 2. The first-order valence-electron chi connectivity index (χ1n) is 11.5. The van der Waals surface area contributed by atoms with Crippen LogP contribution in [-0.2, 0) is 11.2 Å². The standard InChI is InChI=1S/C26H37N3O3/c1-20-6-5-7-23(18-20)29-16-14-28(15-17-29)13-12-21(2)27-26(30)11-8-22-19-24(31-3)9-10-25(22)32-4/h5-7,9-10,18-19,21H,8,11-17H2,1-4H3,(H,27,30). The third kappa shape index (κ3) is 6.89. The highest BCUT2D eigenvalue weighted by atomic mass is 16.5. The average molecular weight is 440 g/mol. The Balaban J connectivity index is 1.37. The molecule has 1 amide bonds. The van der Waals surface area contributed by atoms with Gasteiger partial charge in [0.25, 0.3) is 0 Å². The van der Waals surface area contributed by atoms with Gasteiger partial charge in [0.05, 0.1) is 14.2 Å². The van der Waals surface area contributed by atoms with Crippen molar-refractivity contribution in [3.8, 4) is 11.5 Å². The third-order valence-electron chi connectivity index (χ3n) is 6.13. The molecule has 2 aromatic rings. The van der Waals surface area contributed by atoms with Crippen molar-refractivity contribution in [2.45, 2.75) is 39.2 Å². The zero-order valence-electron chi connectivity index (χ0n) is 19.9. The van der Waals surface area contributed by atoms with Crippen molar-refractivity contribution in [3.63, 3.8) is 0 Å². The summed E-state index contributed by atoms with van der Waals surface area (Å²) in [6.45, 7) is 9.45. The molecule has 2 aromatic carbocycles. The fraction of sp³-hybridized carbons (Fsp3) is 0.500. The maximum atomic E-state index is 12.5. The number of aryl methyl sites for hydroxylation is 2. The van der Waals surface area contributed by atoms with E-state index in [0.717, 1.165) is 56.2 Å². The monoisotopic (exact) mass is 439 g/mol. The van der Waals surface area contributed by atoms with E-state index < -0.39 is 0 Å². The van der Waals surface area contributed by atoms with Crippen molar-refractivity contribution in [2.75, 3.05) is 51.8 Å². The molecule has 1 atom stereocenters. The number of nitrogens with zero attached hydrogens (tertiary/aromatic N) is 2. The molecule has 1 fully saturated rings. The van der Waals surface area contributed by atoms with Crippen molar-refractivity contribution < 1.29 is 14.3 Å². The quantitative estimate of drug-likeness (QED) is 0.612. The molecule has 0 bridgehead atoms. The van der Waals surface area contributed by atoms with Gasteiger partial charge in [-0.2, -0.15) is 0 Å². The Morgan fingerprint density at radius 2 is 1.84 bits per heavy atom. The van der Waals surface area contributed by atoms with Crippen LogP contribution in [0.25, 0.3) is 0 Å². The van der Waals surface area contributed by atoms with Crippen LogP contribution in [0, 0.1) is 6.92 Å². The molecule has 1 aliphatic rings. The average Bonchev–Trinajstić information content (AvgIpc) is 2.81. The van der Waals surface area contributed by atoms with Crippen LogP contribution in [0.4, 0.5) is 5.69 Å². The highest BCUT2D eigenvalue weighted by Crippen LogP contribution is 2.25. The smallest absolute Gasteiger partial charge is 0.220 e. The Kier molecular flexibility index (Phi) is 8.80. The second-order valence-corrected chi connectivity index (χ2v) is 8.60. The van der Waals surface area contributed by atoms with E-state index in [2.05, 4.69) is 53.2 Å². The number of methoxy groups -OCH3 is 2. The summed E-state index contributed by atoms with van der Waals surface area (Å²) >= 11 is 0. The number of rotatable bonds is 10. The van der Waals surface area contributed by atoms with Crippen LogP contribution < -0.4 is 19.7 Å². The number of piperazine rings is 1. The summed E-state index contributed by atoms with van der Waals surface area (Å²) in [6.07, 6.45) is 2.02. The van der Waals surface area contributed by atoms with E-state index in [1.54, 1.807) is 14.2 Å². The zero-order valence-corrected chi connectivity index (χ0v) is 19.9. The Morgan fingerprint density at radius 1 is 1.06 bits per heavy atom. The Labute approximate surface area is 192 Å². The van der Waals surface area contributed by atoms with Crippen LogP contribution >= 0.6 is 0 Å². The minimum absolute atomic E-state index is 0.0756. The van der Waals surface area contributed by atoms with Gasteiger partial charge in [0.15, 0.2) is 0 Å². The predicted octanol–water partition coefficient (Wildman–Crippen LogP) is 3.66. The lowest BCUT2D eigenvalue weighted by Gasteiger charge is -2.36. The summed E-state index contributed by atoms with van der Waals surface area (Å²) in [4.78, 5) is 17.4. The van der Waals surface area contributed by atoms with Gasteiger partial charge in [0.2, 0.25) is 5.91 Å². The molecule has 1 N–H and O–H groups in total. The van der Waals surface area contributed by atoms with Gasteiger partial charge < -0.3 is 19.7 Å². The van der Waals surface area contributed by atoms with Crippen LogP contribution in [0.1, 0.15) is 30.9 Å².